The number of likely N-dealkylation sites (tertiary alicyclic amines) is 1. The Balaban J connectivity index is 1.29. The highest BCUT2D eigenvalue weighted by Crippen LogP contribution is 2.38. The summed E-state index contributed by atoms with van der Waals surface area (Å²) in [5.74, 6) is -0.106. The van der Waals surface area contributed by atoms with Gasteiger partial charge in [-0.2, -0.15) is 0 Å². The Labute approximate surface area is 260 Å². The van der Waals surface area contributed by atoms with Gasteiger partial charge in [-0.05, 0) is 68.1 Å². The third kappa shape index (κ3) is 9.22. The number of urea groups is 1. The van der Waals surface area contributed by atoms with Crippen molar-refractivity contribution >= 4 is 17.5 Å². The summed E-state index contributed by atoms with van der Waals surface area (Å²) in [6.45, 7) is 4.51. The number of anilines is 1. The van der Waals surface area contributed by atoms with Crippen molar-refractivity contribution in [3.05, 3.63) is 101 Å². The van der Waals surface area contributed by atoms with Crippen molar-refractivity contribution in [2.24, 2.45) is 0 Å². The molecule has 4 unspecified atom stereocenters. The first-order valence-corrected chi connectivity index (χ1v) is 15.9. The highest BCUT2D eigenvalue weighted by atomic mass is 16.7. The number of benzene rings is 3. The number of ketones is 1. The molecule has 234 valence electrons. The van der Waals surface area contributed by atoms with Crippen LogP contribution in [-0.4, -0.2) is 53.6 Å². The lowest BCUT2D eigenvalue weighted by atomic mass is 9.99. The number of nitrogens with one attached hydrogen (secondary N) is 2. The van der Waals surface area contributed by atoms with Crippen molar-refractivity contribution in [1.29, 1.82) is 0 Å². The van der Waals surface area contributed by atoms with E-state index < -0.39 is 18.4 Å². The van der Waals surface area contributed by atoms with Gasteiger partial charge in [-0.3, -0.25) is 4.79 Å². The Morgan fingerprint density at radius 1 is 0.864 bits per heavy atom. The summed E-state index contributed by atoms with van der Waals surface area (Å²) in [4.78, 5) is 27.8. The lowest BCUT2D eigenvalue weighted by molar-refractivity contribution is -0.253. The average Bonchev–Trinajstić information content (AvgIpc) is 3.02. The van der Waals surface area contributed by atoms with Crippen LogP contribution < -0.4 is 10.6 Å². The van der Waals surface area contributed by atoms with E-state index in [1.54, 1.807) is 0 Å². The zero-order chi connectivity index (χ0) is 30.7. The van der Waals surface area contributed by atoms with E-state index in [2.05, 4.69) is 15.5 Å². The van der Waals surface area contributed by atoms with Gasteiger partial charge in [-0.1, -0.05) is 86.0 Å². The molecule has 0 aliphatic carbocycles. The van der Waals surface area contributed by atoms with E-state index >= 15 is 0 Å². The van der Waals surface area contributed by atoms with Crippen LogP contribution in [0, 0.1) is 0 Å². The standard InChI is InChI=1S/C36H45N3O5/c1-26(41)33(21-27-11-6-5-7-12-27)38-36(42)37-31-14-10-13-30(22-31)35-43-32(24-39-19-8-3-2-4-9-20-39)23-34(44-35)29-17-15-28(25-40)16-18-29/h5-7,10-18,22,32-35,40H,2-4,8-9,19-21,23-25H2,1H3,(H2,37,38,42). The number of carbonyl (C=O) groups excluding carboxylic acids is 2. The summed E-state index contributed by atoms with van der Waals surface area (Å²) in [5, 5.41) is 15.2. The van der Waals surface area contributed by atoms with Gasteiger partial charge in [0.1, 0.15) is 0 Å². The first-order chi connectivity index (χ1) is 21.5. The van der Waals surface area contributed by atoms with Crippen molar-refractivity contribution in [3.63, 3.8) is 0 Å². The van der Waals surface area contributed by atoms with Crippen LogP contribution in [0.2, 0.25) is 0 Å². The lowest BCUT2D eigenvalue weighted by Crippen LogP contribution is -2.43. The molecule has 8 heteroatoms. The summed E-state index contributed by atoms with van der Waals surface area (Å²) in [6, 6.07) is 24.0. The Kier molecular flexibility index (Phi) is 11.5. The van der Waals surface area contributed by atoms with Crippen LogP contribution in [0.25, 0.3) is 0 Å². The highest BCUT2D eigenvalue weighted by molar-refractivity contribution is 5.93. The van der Waals surface area contributed by atoms with Crippen LogP contribution in [0.5, 0.6) is 0 Å². The molecule has 2 saturated heterocycles. The number of carbonyl (C=O) groups is 2. The maximum atomic E-state index is 13.0. The molecule has 3 N–H and O–H groups in total. The van der Waals surface area contributed by atoms with Gasteiger partial charge in [0.25, 0.3) is 0 Å². The molecular formula is C36H45N3O5. The predicted molar refractivity (Wildman–Crippen MR) is 171 cm³/mol. The van der Waals surface area contributed by atoms with Crippen LogP contribution in [0.3, 0.4) is 0 Å². The van der Waals surface area contributed by atoms with E-state index in [1.807, 2.05) is 78.9 Å². The van der Waals surface area contributed by atoms with E-state index in [0.717, 1.165) is 48.3 Å². The number of Topliss-reactive ketones (excluding diaryl/α,β-unsaturated/α-hetero) is 1. The molecule has 0 aromatic heterocycles. The van der Waals surface area contributed by atoms with Crippen LogP contribution in [0.1, 0.15) is 80.1 Å². The molecule has 4 atom stereocenters. The molecule has 0 saturated carbocycles. The van der Waals surface area contributed by atoms with Crippen molar-refractivity contribution in [1.82, 2.24) is 10.2 Å². The molecule has 44 heavy (non-hydrogen) atoms. The van der Waals surface area contributed by atoms with E-state index in [0.29, 0.717) is 12.1 Å². The predicted octanol–water partition coefficient (Wildman–Crippen LogP) is 6.31. The first-order valence-electron chi connectivity index (χ1n) is 15.9. The fraction of sp³-hybridized carbons (Fsp3) is 0.444. The highest BCUT2D eigenvalue weighted by Gasteiger charge is 2.33. The van der Waals surface area contributed by atoms with E-state index in [1.165, 1.54) is 39.0 Å². The molecule has 0 bridgehead atoms. The molecule has 0 spiro atoms. The largest absolute Gasteiger partial charge is 0.392 e. The van der Waals surface area contributed by atoms with E-state index in [4.69, 9.17) is 9.47 Å². The van der Waals surface area contributed by atoms with Crippen molar-refractivity contribution < 1.29 is 24.2 Å². The second-order valence-corrected chi connectivity index (χ2v) is 12.0. The number of amides is 2. The van der Waals surface area contributed by atoms with Gasteiger partial charge in [0.2, 0.25) is 0 Å². The van der Waals surface area contributed by atoms with Gasteiger partial charge in [-0.15, -0.1) is 0 Å². The van der Waals surface area contributed by atoms with Gasteiger partial charge in [0.05, 0.1) is 24.9 Å². The molecule has 8 nitrogen and oxygen atoms in total. The Morgan fingerprint density at radius 2 is 1.59 bits per heavy atom. The van der Waals surface area contributed by atoms with Crippen molar-refractivity contribution in [3.8, 4) is 0 Å². The number of aliphatic hydroxyl groups is 1. The average molecular weight is 600 g/mol. The maximum absolute atomic E-state index is 13.0. The zero-order valence-electron chi connectivity index (χ0n) is 25.6. The third-order valence-corrected chi connectivity index (χ3v) is 8.52. The van der Waals surface area contributed by atoms with Gasteiger partial charge >= 0.3 is 6.03 Å². The van der Waals surface area contributed by atoms with Crippen molar-refractivity contribution in [2.45, 2.75) is 83.0 Å². The van der Waals surface area contributed by atoms with Crippen molar-refractivity contribution in [2.75, 3.05) is 25.0 Å². The SMILES string of the molecule is CC(=O)C(Cc1ccccc1)NC(=O)Nc1cccc(C2OC(CN3CCCCCCC3)CC(c3ccc(CO)cc3)O2)c1. The first kappa shape index (κ1) is 31.9. The monoisotopic (exact) mass is 599 g/mol. The number of hydrogen-bond acceptors (Lipinski definition) is 6. The molecule has 2 amide bonds. The summed E-state index contributed by atoms with van der Waals surface area (Å²) < 4.78 is 13.1. The van der Waals surface area contributed by atoms with Crippen LogP contribution in [0.15, 0.2) is 78.9 Å². The van der Waals surface area contributed by atoms with Crippen LogP contribution in [-0.2, 0) is 27.3 Å². The fourth-order valence-corrected chi connectivity index (χ4v) is 6.05. The molecular weight excluding hydrogens is 554 g/mol. The number of rotatable bonds is 10. The number of aliphatic hydroxyl groups excluding tert-OH is 1. The molecule has 2 heterocycles. The quantitative estimate of drug-likeness (QED) is 0.253. The fourth-order valence-electron chi connectivity index (χ4n) is 6.05. The molecule has 2 aliphatic rings. The summed E-state index contributed by atoms with van der Waals surface area (Å²) in [5.41, 5.74) is 4.29. The molecule has 0 radical (unpaired) electrons. The second kappa shape index (κ2) is 16.0. The van der Waals surface area contributed by atoms with Crippen LogP contribution >= 0.6 is 0 Å². The molecule has 3 aromatic carbocycles. The summed E-state index contributed by atoms with van der Waals surface area (Å²) >= 11 is 0. The Hall–Kier alpha value is -3.56. The van der Waals surface area contributed by atoms with Crippen LogP contribution in [0.4, 0.5) is 10.5 Å². The third-order valence-electron chi connectivity index (χ3n) is 8.52. The molecule has 2 aliphatic heterocycles. The normalized spacial score (nSPS) is 21.9. The maximum Gasteiger partial charge on any atom is 0.319 e. The van der Waals surface area contributed by atoms with Gasteiger partial charge in [0.15, 0.2) is 12.1 Å². The molecule has 5 rings (SSSR count). The minimum Gasteiger partial charge on any atom is -0.392 e. The molecule has 2 fully saturated rings. The lowest BCUT2D eigenvalue weighted by Gasteiger charge is -2.39. The van der Waals surface area contributed by atoms with E-state index in [9.17, 15) is 14.7 Å². The Morgan fingerprint density at radius 3 is 2.30 bits per heavy atom. The zero-order valence-corrected chi connectivity index (χ0v) is 25.6. The van der Waals surface area contributed by atoms with Gasteiger partial charge in [0, 0.05) is 24.2 Å². The Bertz CT molecular complexity index is 1340. The number of ether oxygens (including phenoxy) is 2. The smallest absolute Gasteiger partial charge is 0.319 e. The van der Waals surface area contributed by atoms with Gasteiger partial charge < -0.3 is 30.1 Å². The molecule has 3 aromatic rings. The van der Waals surface area contributed by atoms with Gasteiger partial charge in [-0.25, -0.2) is 4.79 Å². The minimum atomic E-state index is -0.632. The summed E-state index contributed by atoms with van der Waals surface area (Å²) in [7, 11) is 0. The second-order valence-electron chi connectivity index (χ2n) is 12.0. The number of hydrogen-bond donors (Lipinski definition) is 3. The van der Waals surface area contributed by atoms with E-state index in [-0.39, 0.29) is 24.6 Å². The minimum absolute atomic E-state index is 0.00190. The topological polar surface area (TPSA) is 100 Å². The summed E-state index contributed by atoms with van der Waals surface area (Å²) in [6.07, 6.45) is 6.65. The number of nitrogens with zero attached hydrogens (tertiary/aromatic N) is 1.